The Balaban J connectivity index is 1.50. The molecule has 0 aliphatic carbocycles. The minimum absolute atomic E-state index is 0.0229. The topological polar surface area (TPSA) is 62.7 Å². The fourth-order valence-corrected chi connectivity index (χ4v) is 2.77. The molecule has 1 aromatic heterocycles. The Morgan fingerprint density at radius 1 is 1.08 bits per heavy atom. The third kappa shape index (κ3) is 4.35. The van der Waals surface area contributed by atoms with Crippen LogP contribution in [0.1, 0.15) is 17.3 Å². The second kappa shape index (κ2) is 7.79. The molecule has 0 radical (unpaired) electrons. The molecule has 0 unspecified atom stereocenters. The highest BCUT2D eigenvalue weighted by Gasteiger charge is 2.22. The number of hydrogen-bond donors (Lipinski definition) is 0. The van der Waals surface area contributed by atoms with Gasteiger partial charge in [0.25, 0.3) is 5.91 Å². The second-order valence-electron chi connectivity index (χ2n) is 5.93. The van der Waals surface area contributed by atoms with E-state index in [0.29, 0.717) is 24.4 Å². The highest BCUT2D eigenvalue weighted by Crippen LogP contribution is 2.15. The van der Waals surface area contributed by atoms with E-state index in [1.54, 1.807) is 35.4 Å². The molecule has 1 aliphatic heterocycles. The van der Waals surface area contributed by atoms with E-state index < -0.39 is 0 Å². The number of carbonyl (C=O) groups is 2. The molecule has 6 nitrogen and oxygen atoms in total. The SMILES string of the molecule is CC(=O)c1cccc(OCC(=O)N2CCN(c3ccccn3)CC2)c1. The molecule has 6 heteroatoms. The molecule has 2 heterocycles. The molecular formula is C19H21N3O3. The van der Waals surface area contributed by atoms with Crippen molar-refractivity contribution in [1.82, 2.24) is 9.88 Å². The highest BCUT2D eigenvalue weighted by molar-refractivity contribution is 5.94. The fraction of sp³-hybridized carbons (Fsp3) is 0.316. The van der Waals surface area contributed by atoms with Gasteiger partial charge in [0.2, 0.25) is 0 Å². The minimum atomic E-state index is -0.0473. The van der Waals surface area contributed by atoms with Gasteiger partial charge in [-0.15, -0.1) is 0 Å². The predicted molar refractivity (Wildman–Crippen MR) is 95.0 cm³/mol. The summed E-state index contributed by atoms with van der Waals surface area (Å²) >= 11 is 0. The fourth-order valence-electron chi connectivity index (χ4n) is 2.77. The Bertz CT molecular complexity index is 741. The first-order valence-corrected chi connectivity index (χ1v) is 8.31. The Morgan fingerprint density at radius 2 is 1.88 bits per heavy atom. The number of benzene rings is 1. The summed E-state index contributed by atoms with van der Waals surface area (Å²) in [5, 5.41) is 0. The summed E-state index contributed by atoms with van der Waals surface area (Å²) in [4.78, 5) is 32.0. The zero-order valence-electron chi connectivity index (χ0n) is 14.2. The number of hydrogen-bond acceptors (Lipinski definition) is 5. The number of piperazine rings is 1. The second-order valence-corrected chi connectivity index (χ2v) is 5.93. The number of Topliss-reactive ketones (excluding diaryl/α,β-unsaturated/α-hetero) is 1. The molecule has 1 fully saturated rings. The molecule has 1 aliphatic rings. The lowest BCUT2D eigenvalue weighted by atomic mass is 10.1. The Morgan fingerprint density at radius 3 is 2.56 bits per heavy atom. The summed E-state index contributed by atoms with van der Waals surface area (Å²) in [6.45, 7) is 4.28. The number of ketones is 1. The summed E-state index contributed by atoms with van der Waals surface area (Å²) in [5.41, 5.74) is 0.578. The van der Waals surface area contributed by atoms with Crippen LogP contribution in [0.5, 0.6) is 5.75 Å². The van der Waals surface area contributed by atoms with Crippen LogP contribution in [-0.4, -0.2) is 54.4 Å². The summed E-state index contributed by atoms with van der Waals surface area (Å²) in [6, 6.07) is 12.7. The van der Waals surface area contributed by atoms with Crippen molar-refractivity contribution < 1.29 is 14.3 Å². The lowest BCUT2D eigenvalue weighted by Crippen LogP contribution is -2.50. The molecule has 25 heavy (non-hydrogen) atoms. The molecule has 3 rings (SSSR count). The van der Waals surface area contributed by atoms with Crippen molar-refractivity contribution in [2.24, 2.45) is 0 Å². The maximum Gasteiger partial charge on any atom is 0.260 e. The third-order valence-electron chi connectivity index (χ3n) is 4.21. The van der Waals surface area contributed by atoms with Gasteiger partial charge in [0.05, 0.1) is 0 Å². The van der Waals surface area contributed by atoms with Crippen LogP contribution in [0.15, 0.2) is 48.7 Å². The van der Waals surface area contributed by atoms with Crippen LogP contribution in [0.2, 0.25) is 0 Å². The predicted octanol–water partition coefficient (Wildman–Crippen LogP) is 2.01. The van der Waals surface area contributed by atoms with Gasteiger partial charge in [-0.05, 0) is 31.2 Å². The third-order valence-corrected chi connectivity index (χ3v) is 4.21. The summed E-state index contributed by atoms with van der Waals surface area (Å²) in [7, 11) is 0. The zero-order valence-corrected chi connectivity index (χ0v) is 14.2. The van der Waals surface area contributed by atoms with Crippen molar-refractivity contribution in [3.8, 4) is 5.75 Å². The highest BCUT2D eigenvalue weighted by atomic mass is 16.5. The van der Waals surface area contributed by atoms with Gasteiger partial charge < -0.3 is 14.5 Å². The molecule has 0 spiro atoms. The molecule has 0 bridgehead atoms. The smallest absolute Gasteiger partial charge is 0.260 e. The number of pyridine rings is 1. The number of amides is 1. The van der Waals surface area contributed by atoms with Crippen molar-refractivity contribution in [2.45, 2.75) is 6.92 Å². The molecule has 130 valence electrons. The molecule has 0 N–H and O–H groups in total. The largest absolute Gasteiger partial charge is 0.484 e. The van der Waals surface area contributed by atoms with Gasteiger partial charge in [-0.3, -0.25) is 9.59 Å². The van der Waals surface area contributed by atoms with E-state index in [2.05, 4.69) is 9.88 Å². The maximum atomic E-state index is 12.3. The van der Waals surface area contributed by atoms with Crippen molar-refractivity contribution in [3.63, 3.8) is 0 Å². The monoisotopic (exact) mass is 339 g/mol. The maximum absolute atomic E-state index is 12.3. The van der Waals surface area contributed by atoms with E-state index in [9.17, 15) is 9.59 Å². The first-order valence-electron chi connectivity index (χ1n) is 8.31. The van der Waals surface area contributed by atoms with Gasteiger partial charge in [-0.25, -0.2) is 4.98 Å². The van der Waals surface area contributed by atoms with E-state index in [-0.39, 0.29) is 18.3 Å². The summed E-state index contributed by atoms with van der Waals surface area (Å²) in [5.74, 6) is 1.40. The van der Waals surface area contributed by atoms with Crippen LogP contribution in [-0.2, 0) is 4.79 Å². The quantitative estimate of drug-likeness (QED) is 0.780. The number of aromatic nitrogens is 1. The molecule has 0 saturated carbocycles. The van der Waals surface area contributed by atoms with Crippen LogP contribution >= 0.6 is 0 Å². The van der Waals surface area contributed by atoms with Gasteiger partial charge in [-0.1, -0.05) is 18.2 Å². The van der Waals surface area contributed by atoms with Gasteiger partial charge in [-0.2, -0.15) is 0 Å². The molecule has 0 atom stereocenters. The van der Waals surface area contributed by atoms with Crippen LogP contribution in [0.25, 0.3) is 0 Å². The van der Waals surface area contributed by atoms with Gasteiger partial charge in [0.15, 0.2) is 12.4 Å². The van der Waals surface area contributed by atoms with Crippen LogP contribution in [0.3, 0.4) is 0 Å². The Labute approximate surface area is 147 Å². The minimum Gasteiger partial charge on any atom is -0.484 e. The standard InChI is InChI=1S/C19H21N3O3/c1-15(23)16-5-4-6-17(13-16)25-14-19(24)22-11-9-21(10-12-22)18-7-2-3-8-20-18/h2-8,13H,9-12,14H2,1H3. The van der Waals surface area contributed by atoms with Crippen molar-refractivity contribution in [3.05, 3.63) is 54.2 Å². The molecule has 1 aromatic carbocycles. The summed E-state index contributed by atoms with van der Waals surface area (Å²) < 4.78 is 5.55. The van der Waals surface area contributed by atoms with E-state index in [1.807, 2.05) is 18.2 Å². The van der Waals surface area contributed by atoms with Gasteiger partial charge in [0.1, 0.15) is 11.6 Å². The normalized spacial score (nSPS) is 14.3. The Hall–Kier alpha value is -2.89. The average Bonchev–Trinajstić information content (AvgIpc) is 2.67. The first kappa shape index (κ1) is 17.0. The van der Waals surface area contributed by atoms with Crippen molar-refractivity contribution in [2.75, 3.05) is 37.7 Å². The molecule has 2 aromatic rings. The van der Waals surface area contributed by atoms with Gasteiger partial charge >= 0.3 is 0 Å². The molecule has 1 amide bonds. The van der Waals surface area contributed by atoms with Crippen LogP contribution in [0.4, 0.5) is 5.82 Å². The van der Waals surface area contributed by atoms with Gasteiger partial charge in [0, 0.05) is 37.9 Å². The van der Waals surface area contributed by atoms with Crippen molar-refractivity contribution >= 4 is 17.5 Å². The van der Waals surface area contributed by atoms with E-state index in [4.69, 9.17) is 4.74 Å². The number of rotatable bonds is 5. The number of carbonyl (C=O) groups excluding carboxylic acids is 2. The van der Waals surface area contributed by atoms with E-state index in [1.165, 1.54) is 6.92 Å². The van der Waals surface area contributed by atoms with E-state index >= 15 is 0 Å². The number of anilines is 1. The molecule has 1 saturated heterocycles. The number of nitrogens with zero attached hydrogens (tertiary/aromatic N) is 3. The van der Waals surface area contributed by atoms with E-state index in [0.717, 1.165) is 18.9 Å². The lowest BCUT2D eigenvalue weighted by molar-refractivity contribution is -0.133. The van der Waals surface area contributed by atoms with Crippen molar-refractivity contribution in [1.29, 1.82) is 0 Å². The summed E-state index contributed by atoms with van der Waals surface area (Å²) in [6.07, 6.45) is 1.77. The van der Waals surface area contributed by atoms with Crippen LogP contribution < -0.4 is 9.64 Å². The number of ether oxygens (including phenoxy) is 1. The lowest BCUT2D eigenvalue weighted by Gasteiger charge is -2.35. The average molecular weight is 339 g/mol. The molecular weight excluding hydrogens is 318 g/mol. The van der Waals surface area contributed by atoms with Crippen LogP contribution in [0, 0.1) is 0 Å². The Kier molecular flexibility index (Phi) is 5.28. The first-order chi connectivity index (χ1) is 12.1. The zero-order chi connectivity index (χ0) is 17.6.